The van der Waals surface area contributed by atoms with Gasteiger partial charge in [-0.1, -0.05) is 30.4 Å². The predicted octanol–water partition coefficient (Wildman–Crippen LogP) is 3.17. The van der Waals surface area contributed by atoms with Gasteiger partial charge < -0.3 is 5.73 Å². The molecule has 1 heteroatoms. The van der Waals surface area contributed by atoms with Crippen LogP contribution in [0.2, 0.25) is 0 Å². The summed E-state index contributed by atoms with van der Waals surface area (Å²) >= 11 is 0. The molecule has 1 rings (SSSR count). The van der Waals surface area contributed by atoms with Gasteiger partial charge >= 0.3 is 0 Å². The van der Waals surface area contributed by atoms with Gasteiger partial charge in [-0.25, -0.2) is 0 Å². The lowest BCUT2D eigenvalue weighted by atomic mass is 10.0. The number of allylic oxidation sites excluding steroid dienone is 2. The van der Waals surface area contributed by atoms with E-state index in [1.165, 1.54) is 5.56 Å². The van der Waals surface area contributed by atoms with E-state index >= 15 is 0 Å². The first kappa shape index (κ1) is 9.59. The Kier molecular flexibility index (Phi) is 2.91. The third-order valence-electron chi connectivity index (χ3n) is 2.05. The molecule has 0 unspecified atom stereocenters. The van der Waals surface area contributed by atoms with Crippen LogP contribution in [0.4, 0.5) is 5.69 Å². The highest BCUT2D eigenvalue weighted by molar-refractivity contribution is 5.69. The molecular formula is C12H15N. The molecule has 13 heavy (non-hydrogen) atoms. The molecule has 0 aliphatic rings. The molecule has 0 aromatic heterocycles. The van der Waals surface area contributed by atoms with Gasteiger partial charge in [0.15, 0.2) is 0 Å². The molecule has 0 amide bonds. The van der Waals surface area contributed by atoms with Crippen LogP contribution in [0.15, 0.2) is 36.4 Å². The number of nitrogen functional groups attached to an aromatic ring is 1. The van der Waals surface area contributed by atoms with E-state index in [1.54, 1.807) is 0 Å². The van der Waals surface area contributed by atoms with Gasteiger partial charge in [-0.15, -0.1) is 0 Å². The largest absolute Gasteiger partial charge is 0.398 e. The maximum atomic E-state index is 5.85. The highest BCUT2D eigenvalue weighted by Gasteiger charge is 1.98. The zero-order valence-corrected chi connectivity index (χ0v) is 8.17. The summed E-state index contributed by atoms with van der Waals surface area (Å²) < 4.78 is 0. The number of rotatable bonds is 2. The normalized spacial score (nSPS) is 11.4. The van der Waals surface area contributed by atoms with E-state index < -0.39 is 0 Å². The van der Waals surface area contributed by atoms with Crippen LogP contribution >= 0.6 is 0 Å². The minimum atomic E-state index is 0.821. The van der Waals surface area contributed by atoms with E-state index in [4.69, 9.17) is 5.73 Å². The van der Waals surface area contributed by atoms with Gasteiger partial charge in [-0.2, -0.15) is 0 Å². The summed E-state index contributed by atoms with van der Waals surface area (Å²) in [5.74, 6) is 0. The van der Waals surface area contributed by atoms with Crippen molar-refractivity contribution in [3.05, 3.63) is 47.6 Å². The van der Waals surface area contributed by atoms with E-state index in [0.29, 0.717) is 0 Å². The molecule has 0 saturated carbocycles. The second-order valence-corrected chi connectivity index (χ2v) is 3.17. The van der Waals surface area contributed by atoms with Crippen LogP contribution in [0.1, 0.15) is 18.1 Å². The van der Waals surface area contributed by atoms with Crippen molar-refractivity contribution in [2.24, 2.45) is 0 Å². The van der Waals surface area contributed by atoms with Crippen molar-refractivity contribution >= 4 is 11.8 Å². The highest BCUT2D eigenvalue weighted by Crippen LogP contribution is 2.19. The minimum absolute atomic E-state index is 0.821. The highest BCUT2D eigenvalue weighted by atomic mass is 14.6. The molecule has 0 radical (unpaired) electrons. The maximum absolute atomic E-state index is 5.85. The molecule has 0 saturated heterocycles. The van der Waals surface area contributed by atoms with Crippen LogP contribution in [0, 0.1) is 6.92 Å². The Labute approximate surface area is 79.6 Å². The molecule has 1 nitrogen and oxygen atoms in total. The molecule has 1 aromatic rings. The summed E-state index contributed by atoms with van der Waals surface area (Å²) in [5, 5.41) is 0. The SMILES string of the molecule is C=C/C(C)=C\c1c(C)cccc1N. The number of aryl methyl sites for hydroxylation is 1. The Morgan fingerprint density at radius 3 is 2.69 bits per heavy atom. The molecule has 0 heterocycles. The Morgan fingerprint density at radius 1 is 1.46 bits per heavy atom. The summed E-state index contributed by atoms with van der Waals surface area (Å²) in [4.78, 5) is 0. The van der Waals surface area contributed by atoms with Crippen molar-refractivity contribution in [1.82, 2.24) is 0 Å². The number of hydrogen-bond acceptors (Lipinski definition) is 1. The Balaban J connectivity index is 3.21. The second-order valence-electron chi connectivity index (χ2n) is 3.17. The molecule has 1 aromatic carbocycles. The summed E-state index contributed by atoms with van der Waals surface area (Å²) in [6.45, 7) is 7.77. The molecule has 2 N–H and O–H groups in total. The smallest absolute Gasteiger partial charge is 0.0390 e. The molecule has 68 valence electrons. The molecule has 0 fully saturated rings. The van der Waals surface area contributed by atoms with Gasteiger partial charge in [0.25, 0.3) is 0 Å². The predicted molar refractivity (Wildman–Crippen MR) is 59.4 cm³/mol. The van der Waals surface area contributed by atoms with Crippen molar-refractivity contribution in [3.8, 4) is 0 Å². The molecule has 0 bridgehead atoms. The van der Waals surface area contributed by atoms with Crippen LogP contribution in [0.3, 0.4) is 0 Å². The number of benzene rings is 1. The average molecular weight is 173 g/mol. The third kappa shape index (κ3) is 2.22. The van der Waals surface area contributed by atoms with Gasteiger partial charge in [0.05, 0.1) is 0 Å². The summed E-state index contributed by atoms with van der Waals surface area (Å²) in [7, 11) is 0. The van der Waals surface area contributed by atoms with Crippen LogP contribution in [-0.2, 0) is 0 Å². The lowest BCUT2D eigenvalue weighted by Gasteiger charge is -2.04. The zero-order valence-electron chi connectivity index (χ0n) is 8.17. The van der Waals surface area contributed by atoms with Crippen LogP contribution in [-0.4, -0.2) is 0 Å². The lowest BCUT2D eigenvalue weighted by Crippen LogP contribution is -1.91. The minimum Gasteiger partial charge on any atom is -0.398 e. The fourth-order valence-electron chi connectivity index (χ4n) is 1.19. The summed E-state index contributed by atoms with van der Waals surface area (Å²) in [5.41, 5.74) is 10.1. The quantitative estimate of drug-likeness (QED) is 0.539. The standard InChI is InChI=1S/C12H15N/c1-4-9(2)8-11-10(3)6-5-7-12(11)13/h4-8H,1,13H2,2-3H3/b9-8-. The Hall–Kier alpha value is -1.50. The van der Waals surface area contributed by atoms with E-state index in [2.05, 4.69) is 25.6 Å². The van der Waals surface area contributed by atoms with Gasteiger partial charge in [0.2, 0.25) is 0 Å². The maximum Gasteiger partial charge on any atom is 0.0390 e. The molecular weight excluding hydrogens is 158 g/mol. The van der Waals surface area contributed by atoms with Crippen LogP contribution < -0.4 is 5.73 Å². The van der Waals surface area contributed by atoms with Crippen LogP contribution in [0.25, 0.3) is 6.08 Å². The summed E-state index contributed by atoms with van der Waals surface area (Å²) in [6.07, 6.45) is 3.88. The molecule has 0 spiro atoms. The van der Waals surface area contributed by atoms with Gasteiger partial charge in [-0.3, -0.25) is 0 Å². The number of anilines is 1. The Bertz CT molecular complexity index is 328. The lowest BCUT2D eigenvalue weighted by molar-refractivity contribution is 1.43. The van der Waals surface area contributed by atoms with Crippen molar-refractivity contribution in [2.75, 3.05) is 5.73 Å². The van der Waals surface area contributed by atoms with Gasteiger partial charge in [0.1, 0.15) is 0 Å². The van der Waals surface area contributed by atoms with E-state index in [9.17, 15) is 0 Å². The van der Waals surface area contributed by atoms with E-state index in [-0.39, 0.29) is 0 Å². The Morgan fingerprint density at radius 2 is 2.15 bits per heavy atom. The second kappa shape index (κ2) is 3.94. The number of nitrogens with two attached hydrogens (primary N) is 1. The third-order valence-corrected chi connectivity index (χ3v) is 2.05. The van der Waals surface area contributed by atoms with Crippen LogP contribution in [0.5, 0.6) is 0 Å². The monoisotopic (exact) mass is 173 g/mol. The average Bonchev–Trinajstić information content (AvgIpc) is 2.11. The van der Waals surface area contributed by atoms with Crippen molar-refractivity contribution in [1.29, 1.82) is 0 Å². The van der Waals surface area contributed by atoms with Crippen molar-refractivity contribution in [2.45, 2.75) is 13.8 Å². The summed E-state index contributed by atoms with van der Waals surface area (Å²) in [6, 6.07) is 5.93. The molecule has 0 aliphatic carbocycles. The van der Waals surface area contributed by atoms with Crippen molar-refractivity contribution < 1.29 is 0 Å². The van der Waals surface area contributed by atoms with E-state index in [1.807, 2.05) is 25.1 Å². The number of hydrogen-bond donors (Lipinski definition) is 1. The topological polar surface area (TPSA) is 26.0 Å². The fourth-order valence-corrected chi connectivity index (χ4v) is 1.19. The molecule has 0 atom stereocenters. The van der Waals surface area contributed by atoms with Crippen molar-refractivity contribution in [3.63, 3.8) is 0 Å². The van der Waals surface area contributed by atoms with Gasteiger partial charge in [0, 0.05) is 11.3 Å². The van der Waals surface area contributed by atoms with E-state index in [0.717, 1.165) is 16.8 Å². The molecule has 0 aliphatic heterocycles. The first-order valence-corrected chi connectivity index (χ1v) is 4.31. The first-order valence-electron chi connectivity index (χ1n) is 4.31. The fraction of sp³-hybridized carbons (Fsp3) is 0.167. The van der Waals surface area contributed by atoms with Gasteiger partial charge in [-0.05, 0) is 31.6 Å². The zero-order chi connectivity index (χ0) is 9.84. The first-order chi connectivity index (χ1) is 6.15.